The van der Waals surface area contributed by atoms with Crippen molar-refractivity contribution in [1.82, 2.24) is 14.6 Å². The minimum absolute atomic E-state index is 0.0186. The van der Waals surface area contributed by atoms with E-state index in [1.54, 1.807) is 50.2 Å². The zero-order valence-corrected chi connectivity index (χ0v) is 23.6. The maximum Gasteiger partial charge on any atom is 0.459 e. The summed E-state index contributed by atoms with van der Waals surface area (Å²) in [4.78, 5) is 38.1. The molecule has 1 aliphatic heterocycles. The number of aliphatic hydroxyl groups is 2. The van der Waals surface area contributed by atoms with E-state index in [1.807, 2.05) is 4.98 Å². The molecule has 0 amide bonds. The summed E-state index contributed by atoms with van der Waals surface area (Å²) in [5, 5.41) is 24.8. The fourth-order valence-corrected chi connectivity index (χ4v) is 5.88. The van der Waals surface area contributed by atoms with Crippen molar-refractivity contribution in [2.24, 2.45) is 0 Å². The summed E-state index contributed by atoms with van der Waals surface area (Å²) < 4.78 is 65.4. The molecule has 1 aromatic heterocycles. The molecular formula is C26H30F2N3O10P. The summed E-state index contributed by atoms with van der Waals surface area (Å²) in [6, 6.07) is 11.2. The first-order valence-corrected chi connectivity index (χ1v) is 14.3. The van der Waals surface area contributed by atoms with Gasteiger partial charge in [-0.2, -0.15) is 5.09 Å². The lowest BCUT2D eigenvalue weighted by atomic mass is 9.96. The number of rotatable bonds is 11. The fraction of sp³-hybridized carbons (Fsp3) is 0.423. The van der Waals surface area contributed by atoms with Gasteiger partial charge < -0.3 is 24.2 Å². The third-order valence-corrected chi connectivity index (χ3v) is 8.05. The number of halogens is 2. The molecule has 0 aliphatic carbocycles. The third-order valence-electron chi connectivity index (χ3n) is 6.44. The second-order valence-corrected chi connectivity index (χ2v) is 11.6. The Kier molecular flexibility index (Phi) is 9.30. The van der Waals surface area contributed by atoms with Crippen LogP contribution < -0.4 is 20.9 Å². The van der Waals surface area contributed by atoms with Crippen LogP contribution in [0, 0.1) is 0 Å². The Labute approximate surface area is 237 Å². The average molecular weight is 614 g/mol. The standard InChI is InChI=1S/C26H30F2N3O10P/c1-14(2)39-23(35)15(3)30-42(37,41-18-10-6-8-16-7-4-5-9-17(16)18)38-13-26(24(27)28)21(34)20(33)22(40-26)31-12-11-19(32)29-25(31)36/h4-12,14-15,20-22,24,33-34H,13H2,1-3H3,(H,30,37)(H,29,32,36)/t15-,20-,21-,22+,26+,42?/m0/s1. The molecule has 0 radical (unpaired) electrons. The van der Waals surface area contributed by atoms with Crippen LogP contribution in [0.2, 0.25) is 0 Å². The van der Waals surface area contributed by atoms with Crippen molar-refractivity contribution in [1.29, 1.82) is 0 Å². The number of hydrogen-bond acceptors (Lipinski definition) is 10. The molecule has 6 atom stereocenters. The second kappa shape index (κ2) is 12.4. The molecule has 0 spiro atoms. The van der Waals surface area contributed by atoms with Gasteiger partial charge >= 0.3 is 19.4 Å². The predicted molar refractivity (Wildman–Crippen MR) is 144 cm³/mol. The van der Waals surface area contributed by atoms with E-state index in [4.69, 9.17) is 18.5 Å². The molecule has 16 heteroatoms. The molecule has 13 nitrogen and oxygen atoms in total. The van der Waals surface area contributed by atoms with E-state index < -0.39 is 74.2 Å². The molecule has 2 aromatic carbocycles. The van der Waals surface area contributed by atoms with Crippen LogP contribution >= 0.6 is 7.75 Å². The molecule has 42 heavy (non-hydrogen) atoms. The van der Waals surface area contributed by atoms with Gasteiger partial charge in [0.2, 0.25) is 0 Å². The van der Waals surface area contributed by atoms with Gasteiger partial charge in [0.05, 0.1) is 12.7 Å². The van der Waals surface area contributed by atoms with Gasteiger partial charge in [-0.25, -0.2) is 18.1 Å². The summed E-state index contributed by atoms with van der Waals surface area (Å²) in [6.07, 6.45) is -9.54. The zero-order valence-electron chi connectivity index (χ0n) is 22.7. The third kappa shape index (κ3) is 6.46. The minimum atomic E-state index is -4.76. The van der Waals surface area contributed by atoms with Gasteiger partial charge in [0.25, 0.3) is 12.0 Å². The molecule has 1 fully saturated rings. The number of nitrogens with one attached hydrogen (secondary N) is 2. The van der Waals surface area contributed by atoms with Crippen LogP contribution in [0.5, 0.6) is 5.75 Å². The number of H-pyrrole nitrogens is 1. The van der Waals surface area contributed by atoms with E-state index >= 15 is 0 Å². The topological polar surface area (TPSA) is 178 Å². The second-order valence-electron chi connectivity index (χ2n) is 9.89. The molecular weight excluding hydrogens is 583 g/mol. The van der Waals surface area contributed by atoms with Crippen LogP contribution in [0.3, 0.4) is 0 Å². The molecule has 1 unspecified atom stereocenters. The summed E-state index contributed by atoms with van der Waals surface area (Å²) >= 11 is 0. The SMILES string of the molecule is CC(C)OC(=O)[C@H](C)NP(=O)(OC[C@@]1(C(F)F)O[C@@H](n2ccc(=O)[nH]c2=O)[C@@H](O)[C@@H]1O)Oc1cccc2ccccc12. The van der Waals surface area contributed by atoms with Gasteiger partial charge in [-0.05, 0) is 32.2 Å². The summed E-state index contributed by atoms with van der Waals surface area (Å²) in [6.45, 7) is 3.14. The maximum absolute atomic E-state index is 14.6. The van der Waals surface area contributed by atoms with E-state index in [2.05, 4.69) is 5.09 Å². The monoisotopic (exact) mass is 613 g/mol. The molecule has 0 saturated carbocycles. The van der Waals surface area contributed by atoms with E-state index in [-0.39, 0.29) is 5.75 Å². The first kappa shape index (κ1) is 31.5. The van der Waals surface area contributed by atoms with Crippen molar-refractivity contribution in [2.45, 2.75) is 63.4 Å². The number of benzene rings is 2. The lowest BCUT2D eigenvalue weighted by molar-refractivity contribution is -0.192. The Morgan fingerprint density at radius 2 is 1.83 bits per heavy atom. The Morgan fingerprint density at radius 1 is 1.14 bits per heavy atom. The minimum Gasteiger partial charge on any atom is -0.462 e. The number of hydrogen-bond donors (Lipinski definition) is 4. The van der Waals surface area contributed by atoms with Crippen LogP contribution in [0.1, 0.15) is 27.0 Å². The molecule has 4 N–H and O–H groups in total. The summed E-state index contributed by atoms with van der Waals surface area (Å²) in [7, 11) is -4.76. The number of aromatic nitrogens is 2. The predicted octanol–water partition coefficient (Wildman–Crippen LogP) is 2.08. The number of aromatic amines is 1. The van der Waals surface area contributed by atoms with Crippen LogP contribution in [-0.4, -0.2) is 68.7 Å². The highest BCUT2D eigenvalue weighted by atomic mass is 31.2. The van der Waals surface area contributed by atoms with Crippen LogP contribution in [0.15, 0.2) is 64.3 Å². The average Bonchev–Trinajstić information content (AvgIpc) is 3.18. The number of nitrogens with zero attached hydrogens (tertiary/aromatic N) is 1. The van der Waals surface area contributed by atoms with E-state index in [1.165, 1.54) is 13.0 Å². The van der Waals surface area contributed by atoms with Crippen LogP contribution in [0.25, 0.3) is 10.8 Å². The van der Waals surface area contributed by atoms with Crippen molar-refractivity contribution in [2.75, 3.05) is 6.61 Å². The summed E-state index contributed by atoms with van der Waals surface area (Å²) in [5.41, 5.74) is -4.93. The molecule has 4 rings (SSSR count). The highest BCUT2D eigenvalue weighted by molar-refractivity contribution is 7.52. The molecule has 1 aliphatic rings. The van der Waals surface area contributed by atoms with E-state index in [0.717, 1.165) is 12.3 Å². The van der Waals surface area contributed by atoms with Crippen molar-refractivity contribution in [3.63, 3.8) is 0 Å². The molecule has 2 heterocycles. The first-order chi connectivity index (χ1) is 19.8. The van der Waals surface area contributed by atoms with Gasteiger partial charge in [-0.1, -0.05) is 36.4 Å². The van der Waals surface area contributed by atoms with Gasteiger partial charge in [0, 0.05) is 17.6 Å². The van der Waals surface area contributed by atoms with Crippen molar-refractivity contribution >= 4 is 24.5 Å². The highest BCUT2D eigenvalue weighted by Crippen LogP contribution is 2.50. The Bertz CT molecular complexity index is 1590. The number of aliphatic hydroxyl groups excluding tert-OH is 2. The summed E-state index contributed by atoms with van der Waals surface area (Å²) in [5.74, 6) is -0.825. The number of carbonyl (C=O) groups excluding carboxylic acids is 1. The molecule has 3 aromatic rings. The van der Waals surface area contributed by atoms with Crippen molar-refractivity contribution in [3.8, 4) is 5.75 Å². The smallest absolute Gasteiger partial charge is 0.459 e. The number of fused-ring (bicyclic) bond motifs is 1. The Morgan fingerprint density at radius 3 is 2.50 bits per heavy atom. The highest BCUT2D eigenvalue weighted by Gasteiger charge is 2.61. The van der Waals surface area contributed by atoms with Crippen molar-refractivity contribution in [3.05, 3.63) is 75.6 Å². The van der Waals surface area contributed by atoms with Gasteiger partial charge in [-0.15, -0.1) is 0 Å². The number of carbonyl (C=O) groups is 1. The lowest BCUT2D eigenvalue weighted by Crippen LogP contribution is -2.53. The number of esters is 1. The van der Waals surface area contributed by atoms with E-state index in [9.17, 15) is 37.9 Å². The number of alkyl halides is 2. The van der Waals surface area contributed by atoms with Crippen LogP contribution in [-0.2, 0) is 23.4 Å². The quantitative estimate of drug-likeness (QED) is 0.184. The van der Waals surface area contributed by atoms with E-state index in [0.29, 0.717) is 15.3 Å². The maximum atomic E-state index is 14.6. The molecule has 1 saturated heterocycles. The van der Waals surface area contributed by atoms with Crippen LogP contribution in [0.4, 0.5) is 8.78 Å². The first-order valence-electron chi connectivity index (χ1n) is 12.8. The molecule has 228 valence electrons. The van der Waals surface area contributed by atoms with Gasteiger partial charge in [0.15, 0.2) is 11.8 Å². The largest absolute Gasteiger partial charge is 0.462 e. The normalized spacial score (nSPS) is 24.5. The van der Waals surface area contributed by atoms with Gasteiger partial charge in [0.1, 0.15) is 24.0 Å². The zero-order chi connectivity index (χ0) is 30.8. The number of ether oxygens (including phenoxy) is 2. The lowest BCUT2D eigenvalue weighted by Gasteiger charge is -2.32. The Balaban J connectivity index is 1.68. The van der Waals surface area contributed by atoms with Gasteiger partial charge in [-0.3, -0.25) is 23.7 Å². The molecule has 0 bridgehead atoms. The Hall–Kier alpha value is -3.46. The fourth-order valence-electron chi connectivity index (χ4n) is 4.33. The van der Waals surface area contributed by atoms with Crippen molar-refractivity contribution < 1.29 is 46.9 Å².